The maximum absolute atomic E-state index is 14.6. The molecule has 5 heterocycles. The van der Waals surface area contributed by atoms with Crippen LogP contribution in [0.2, 0.25) is 0 Å². The zero-order chi connectivity index (χ0) is 26.0. The molecule has 3 aromatic heterocycles. The van der Waals surface area contributed by atoms with Gasteiger partial charge in [-0.2, -0.15) is 0 Å². The van der Waals surface area contributed by atoms with Gasteiger partial charge >= 0.3 is 0 Å². The number of carbonyl (C=O) groups is 2. The number of hydrogen-bond donors (Lipinski definition) is 2. The molecule has 2 amide bonds. The van der Waals surface area contributed by atoms with Gasteiger partial charge in [0, 0.05) is 54.9 Å². The van der Waals surface area contributed by atoms with Gasteiger partial charge in [-0.05, 0) is 42.2 Å². The van der Waals surface area contributed by atoms with E-state index in [0.717, 1.165) is 22.9 Å². The number of hydrogen-bond acceptors (Lipinski definition) is 5. The van der Waals surface area contributed by atoms with Gasteiger partial charge in [0.25, 0.3) is 5.91 Å². The lowest BCUT2D eigenvalue weighted by Crippen LogP contribution is -2.35. The molecule has 1 spiro atoms. The summed E-state index contributed by atoms with van der Waals surface area (Å²) in [5.74, 6) is -1.33. The number of fused-ring (bicyclic) bond motifs is 4. The molecule has 0 bridgehead atoms. The minimum Gasteiger partial charge on any atom is -0.342 e. The molecule has 0 saturated heterocycles. The molecule has 0 fully saturated rings. The molecular formula is C28H22F2N6O2. The molecule has 190 valence electrons. The summed E-state index contributed by atoms with van der Waals surface area (Å²) in [6.07, 6.45) is 7.80. The summed E-state index contributed by atoms with van der Waals surface area (Å²) in [7, 11) is 0. The Morgan fingerprint density at radius 2 is 2.00 bits per heavy atom. The molecule has 3 aliphatic rings. The SMILES string of the molecule is O=C(N[C@H]1C[C@@H](c2cccc(F)c2F)Cn2ccnc21)c1cnc2c(c1)CC1(C2)C(=O)Nc2ncccc21. The van der Waals surface area contributed by atoms with Crippen molar-refractivity contribution in [3.8, 4) is 0 Å². The predicted octanol–water partition coefficient (Wildman–Crippen LogP) is 3.60. The van der Waals surface area contributed by atoms with E-state index in [-0.39, 0.29) is 23.3 Å². The highest BCUT2D eigenvalue weighted by molar-refractivity contribution is 6.06. The number of benzene rings is 1. The second-order valence-electron chi connectivity index (χ2n) is 10.2. The number of imidazole rings is 1. The standard InChI is InChI=1S/C28H22F2N6O2/c29-20-5-1-3-18(23(20)30)17-10-21(25-32-7-8-36(25)14-17)34-26(37)16-9-15-11-28(12-22(15)33-13-16)19-4-2-6-31-24(19)35-27(28)38/h1-9,13,17,21H,10-12,14H2,(H,34,37)(H,31,35,38)/t17-,21+,28?/m1/s1. The van der Waals surface area contributed by atoms with Gasteiger partial charge in [-0.1, -0.05) is 18.2 Å². The molecule has 1 aromatic carbocycles. The van der Waals surface area contributed by atoms with Crippen LogP contribution in [-0.2, 0) is 29.6 Å². The highest BCUT2D eigenvalue weighted by atomic mass is 19.2. The molecular weight excluding hydrogens is 490 g/mol. The number of pyridine rings is 2. The molecule has 0 radical (unpaired) electrons. The zero-order valence-electron chi connectivity index (χ0n) is 20.1. The zero-order valence-corrected chi connectivity index (χ0v) is 20.1. The van der Waals surface area contributed by atoms with Crippen molar-refractivity contribution in [2.45, 2.75) is 43.2 Å². The number of nitrogens with one attached hydrogen (secondary N) is 2. The summed E-state index contributed by atoms with van der Waals surface area (Å²) in [5, 5.41) is 5.89. The molecule has 1 aliphatic carbocycles. The van der Waals surface area contributed by atoms with Crippen LogP contribution in [0.25, 0.3) is 0 Å². The first-order valence-electron chi connectivity index (χ1n) is 12.4. The van der Waals surface area contributed by atoms with Gasteiger partial charge < -0.3 is 15.2 Å². The normalized spacial score (nSPS) is 23.1. The topological polar surface area (TPSA) is 102 Å². The van der Waals surface area contributed by atoms with Gasteiger partial charge in [0.2, 0.25) is 5.91 Å². The number of amides is 2. The lowest BCUT2D eigenvalue weighted by Gasteiger charge is -2.31. The largest absolute Gasteiger partial charge is 0.342 e. The van der Waals surface area contributed by atoms with Crippen molar-refractivity contribution in [3.63, 3.8) is 0 Å². The second kappa shape index (κ2) is 8.27. The summed E-state index contributed by atoms with van der Waals surface area (Å²) >= 11 is 0. The van der Waals surface area contributed by atoms with Gasteiger partial charge in [-0.25, -0.2) is 18.7 Å². The van der Waals surface area contributed by atoms with Crippen LogP contribution < -0.4 is 10.6 Å². The van der Waals surface area contributed by atoms with E-state index < -0.39 is 23.1 Å². The maximum atomic E-state index is 14.6. The lowest BCUT2D eigenvalue weighted by molar-refractivity contribution is -0.120. The molecule has 10 heteroatoms. The fourth-order valence-corrected chi connectivity index (χ4v) is 6.15. The Balaban J connectivity index is 1.15. The number of nitrogens with zero attached hydrogens (tertiary/aromatic N) is 4. The quantitative estimate of drug-likeness (QED) is 0.437. The van der Waals surface area contributed by atoms with Crippen molar-refractivity contribution in [1.29, 1.82) is 0 Å². The third-order valence-corrected chi connectivity index (χ3v) is 8.00. The molecule has 0 saturated carbocycles. The van der Waals surface area contributed by atoms with Gasteiger partial charge in [-0.3, -0.25) is 14.6 Å². The Kier molecular flexibility index (Phi) is 4.94. The number of anilines is 1. The van der Waals surface area contributed by atoms with E-state index in [2.05, 4.69) is 25.6 Å². The van der Waals surface area contributed by atoms with Crippen molar-refractivity contribution in [2.24, 2.45) is 0 Å². The molecule has 7 rings (SSSR count). The van der Waals surface area contributed by atoms with Crippen LogP contribution in [-0.4, -0.2) is 31.3 Å². The van der Waals surface area contributed by atoms with E-state index in [0.29, 0.717) is 43.0 Å². The number of rotatable bonds is 3. The highest BCUT2D eigenvalue weighted by Crippen LogP contribution is 2.46. The third-order valence-electron chi connectivity index (χ3n) is 8.00. The summed E-state index contributed by atoms with van der Waals surface area (Å²) in [5.41, 5.74) is 2.33. The molecule has 1 unspecified atom stereocenters. The van der Waals surface area contributed by atoms with Crippen molar-refractivity contribution >= 4 is 17.6 Å². The minimum atomic E-state index is -0.893. The average molecular weight is 513 g/mol. The monoisotopic (exact) mass is 512 g/mol. The first-order valence-corrected chi connectivity index (χ1v) is 12.4. The minimum absolute atomic E-state index is 0.111. The van der Waals surface area contributed by atoms with Crippen LogP contribution >= 0.6 is 0 Å². The summed E-state index contributed by atoms with van der Waals surface area (Å²) in [4.78, 5) is 39.6. The third kappa shape index (κ3) is 3.36. The predicted molar refractivity (Wildman–Crippen MR) is 132 cm³/mol. The first kappa shape index (κ1) is 22.7. The Bertz CT molecular complexity index is 1640. The lowest BCUT2D eigenvalue weighted by atomic mass is 9.80. The Morgan fingerprint density at radius 3 is 2.89 bits per heavy atom. The molecule has 4 aromatic rings. The fourth-order valence-electron chi connectivity index (χ4n) is 6.15. The van der Waals surface area contributed by atoms with E-state index in [4.69, 9.17) is 0 Å². The van der Waals surface area contributed by atoms with Crippen LogP contribution in [0.5, 0.6) is 0 Å². The summed E-state index contributed by atoms with van der Waals surface area (Å²) in [6, 6.07) is 9.17. The van der Waals surface area contributed by atoms with Crippen molar-refractivity contribution < 1.29 is 18.4 Å². The van der Waals surface area contributed by atoms with Gasteiger partial charge in [0.1, 0.15) is 11.6 Å². The number of halogens is 2. The van der Waals surface area contributed by atoms with E-state index in [1.807, 2.05) is 16.7 Å². The van der Waals surface area contributed by atoms with Gasteiger partial charge in [0.15, 0.2) is 11.6 Å². The van der Waals surface area contributed by atoms with Crippen LogP contribution in [0.1, 0.15) is 56.9 Å². The highest BCUT2D eigenvalue weighted by Gasteiger charge is 2.51. The van der Waals surface area contributed by atoms with Crippen LogP contribution in [0.3, 0.4) is 0 Å². The van der Waals surface area contributed by atoms with Crippen molar-refractivity contribution in [1.82, 2.24) is 24.8 Å². The first-order chi connectivity index (χ1) is 18.4. The number of carbonyl (C=O) groups excluding carboxylic acids is 2. The van der Waals surface area contributed by atoms with Gasteiger partial charge in [-0.15, -0.1) is 0 Å². The molecule has 2 N–H and O–H groups in total. The van der Waals surface area contributed by atoms with Crippen LogP contribution in [0.15, 0.2) is 61.2 Å². The summed E-state index contributed by atoms with van der Waals surface area (Å²) in [6.45, 7) is 0.433. The summed E-state index contributed by atoms with van der Waals surface area (Å²) < 4.78 is 30.4. The molecule has 38 heavy (non-hydrogen) atoms. The van der Waals surface area contributed by atoms with Crippen molar-refractivity contribution in [2.75, 3.05) is 5.32 Å². The number of aromatic nitrogens is 4. The average Bonchev–Trinajstić information content (AvgIpc) is 3.61. The van der Waals surface area contributed by atoms with E-state index in [1.54, 1.807) is 30.7 Å². The van der Waals surface area contributed by atoms with Gasteiger partial charge in [0.05, 0.1) is 17.0 Å². The van der Waals surface area contributed by atoms with E-state index >= 15 is 0 Å². The van der Waals surface area contributed by atoms with Crippen LogP contribution in [0, 0.1) is 11.6 Å². The van der Waals surface area contributed by atoms with E-state index in [9.17, 15) is 18.4 Å². The molecule has 2 aliphatic heterocycles. The smallest absolute Gasteiger partial charge is 0.253 e. The maximum Gasteiger partial charge on any atom is 0.253 e. The Morgan fingerprint density at radius 1 is 1.11 bits per heavy atom. The molecule has 3 atom stereocenters. The second-order valence-corrected chi connectivity index (χ2v) is 10.2. The fraction of sp³-hybridized carbons (Fsp3) is 0.250. The Labute approximate surface area is 216 Å². The Hall–Kier alpha value is -4.47. The van der Waals surface area contributed by atoms with E-state index in [1.165, 1.54) is 12.3 Å². The van der Waals surface area contributed by atoms with Crippen LogP contribution in [0.4, 0.5) is 14.6 Å². The van der Waals surface area contributed by atoms with Crippen molar-refractivity contribution in [3.05, 3.63) is 107 Å². The molecule has 8 nitrogen and oxygen atoms in total.